The van der Waals surface area contributed by atoms with Crippen LogP contribution in [0, 0.1) is 41.4 Å². The SMILES string of the molecule is C/C=C/C[C@@H](C)[C@@H](O)[C@H]1C(=O)N[C@@H](CC)C(=O)N(C)[C@H](COCCCN2CCCCC2)C(=O)N(C)[C@@H](CC(C)C)C(=O)N[C@H](C(C)C)C(=O)N(C)[C@H](CCC(C)C)C(=O)N[C@H](C)C(=O)N[C@@H](C)C(=O)N(C)[C@@H](CC(C)C)C(=O)N(C)[C@@H](CC(C)C)C(=O)N(C)[C@@H](C(C)C)C(=O)N1C. The molecule has 0 aromatic carbocycles. The number of hydrogen-bond acceptors (Lipinski definition) is 14. The van der Waals surface area contributed by atoms with Crippen molar-refractivity contribution in [2.45, 2.75) is 261 Å². The third-order valence-electron chi connectivity index (χ3n) is 19.2. The molecule has 13 atom stereocenters. The Bertz CT molecular complexity index is 2610. The molecule has 0 aliphatic carbocycles. The fourth-order valence-electron chi connectivity index (χ4n) is 12.9. The molecule has 11 amide bonds. The van der Waals surface area contributed by atoms with Crippen molar-refractivity contribution in [1.82, 2.24) is 60.5 Å². The smallest absolute Gasteiger partial charge is 0.248 e. The van der Waals surface area contributed by atoms with E-state index in [2.05, 4.69) is 26.2 Å². The Morgan fingerprint density at radius 3 is 1.45 bits per heavy atom. The average Bonchev–Trinajstić information content (AvgIpc) is 0.809. The predicted molar refractivity (Wildman–Crippen MR) is 378 cm³/mol. The molecule has 0 saturated carbocycles. The quantitative estimate of drug-likeness (QED) is 0.0711. The Morgan fingerprint density at radius 1 is 0.485 bits per heavy atom. The summed E-state index contributed by atoms with van der Waals surface area (Å²) < 4.78 is 6.28. The van der Waals surface area contributed by atoms with Crippen LogP contribution in [-0.4, -0.2) is 264 Å². The topological polar surface area (TPSA) is 291 Å². The molecule has 2 aliphatic heterocycles. The lowest BCUT2D eigenvalue weighted by molar-refractivity contribution is -0.157. The van der Waals surface area contributed by atoms with Gasteiger partial charge in [-0.25, -0.2) is 0 Å². The van der Waals surface area contributed by atoms with E-state index in [0.29, 0.717) is 19.3 Å². The van der Waals surface area contributed by atoms with Gasteiger partial charge in [0.05, 0.1) is 12.7 Å². The number of rotatable bonds is 22. The lowest BCUT2D eigenvalue weighted by Crippen LogP contribution is -2.64. The van der Waals surface area contributed by atoms with Crippen LogP contribution < -0.4 is 21.3 Å². The number of likely N-dealkylation sites (N-methyl/N-ethyl adjacent to an activating group) is 7. The van der Waals surface area contributed by atoms with E-state index >= 15 is 33.6 Å². The van der Waals surface area contributed by atoms with Gasteiger partial charge in [-0.3, -0.25) is 52.7 Å². The van der Waals surface area contributed by atoms with Gasteiger partial charge in [0.25, 0.3) is 0 Å². The molecule has 2 rings (SSSR count). The van der Waals surface area contributed by atoms with E-state index in [-0.39, 0.29) is 69.0 Å². The molecule has 2 saturated heterocycles. The number of aliphatic hydroxyl groups excluding tert-OH is 1. The van der Waals surface area contributed by atoms with E-state index in [1.54, 1.807) is 47.6 Å². The number of aliphatic hydroxyl groups is 1. The van der Waals surface area contributed by atoms with Crippen molar-refractivity contribution < 1.29 is 62.6 Å². The van der Waals surface area contributed by atoms with E-state index in [9.17, 15) is 24.3 Å². The van der Waals surface area contributed by atoms with Crippen LogP contribution in [-0.2, 0) is 57.5 Å². The molecule has 0 bridgehead atoms. The van der Waals surface area contributed by atoms with E-state index in [4.69, 9.17) is 4.74 Å². The van der Waals surface area contributed by atoms with Gasteiger partial charge in [-0.2, -0.15) is 0 Å². The second kappa shape index (κ2) is 41.4. The fraction of sp³-hybridized carbons (Fsp3) is 0.819. The minimum Gasteiger partial charge on any atom is -0.390 e. The van der Waals surface area contributed by atoms with Gasteiger partial charge in [-0.1, -0.05) is 116 Å². The number of nitrogens with zero attached hydrogens (tertiary/aromatic N) is 8. The Hall–Kier alpha value is -6.21. The monoisotopic (exact) mass is 1370 g/mol. The van der Waals surface area contributed by atoms with Gasteiger partial charge in [-0.05, 0) is 139 Å². The zero-order valence-electron chi connectivity index (χ0n) is 63.9. The van der Waals surface area contributed by atoms with Gasteiger partial charge in [0.15, 0.2) is 0 Å². The number of ether oxygens (including phenoxy) is 1. The van der Waals surface area contributed by atoms with Crippen molar-refractivity contribution in [1.29, 1.82) is 0 Å². The van der Waals surface area contributed by atoms with Gasteiger partial charge in [0.2, 0.25) is 65.0 Å². The summed E-state index contributed by atoms with van der Waals surface area (Å²) in [5, 5.41) is 23.6. The molecule has 0 radical (unpaired) electrons. The summed E-state index contributed by atoms with van der Waals surface area (Å²) in [5.41, 5.74) is 0. The van der Waals surface area contributed by atoms with Gasteiger partial charge in [0.1, 0.15) is 66.5 Å². The number of nitrogens with one attached hydrogen (secondary N) is 4. The lowest BCUT2D eigenvalue weighted by Gasteiger charge is -2.41. The zero-order chi connectivity index (χ0) is 74.2. The van der Waals surface area contributed by atoms with Crippen LogP contribution in [0.15, 0.2) is 12.2 Å². The summed E-state index contributed by atoms with van der Waals surface area (Å²) in [6.07, 6.45) is 7.42. The van der Waals surface area contributed by atoms with Gasteiger partial charge in [0, 0.05) is 62.5 Å². The number of allylic oxidation sites excluding steroid dienone is 2. The zero-order valence-corrected chi connectivity index (χ0v) is 63.9. The third-order valence-corrected chi connectivity index (χ3v) is 19.2. The van der Waals surface area contributed by atoms with Crippen LogP contribution >= 0.6 is 0 Å². The van der Waals surface area contributed by atoms with Crippen LogP contribution in [0.1, 0.15) is 188 Å². The van der Waals surface area contributed by atoms with Gasteiger partial charge < -0.3 is 70.3 Å². The van der Waals surface area contributed by atoms with Crippen LogP contribution in [0.2, 0.25) is 0 Å². The molecule has 97 heavy (non-hydrogen) atoms. The highest BCUT2D eigenvalue weighted by Gasteiger charge is 2.46. The first-order valence-corrected chi connectivity index (χ1v) is 35.9. The molecule has 25 heteroatoms. The molecule has 556 valence electrons. The number of amides is 11. The van der Waals surface area contributed by atoms with Crippen molar-refractivity contribution >= 4 is 65.0 Å². The highest BCUT2D eigenvalue weighted by molar-refractivity contribution is 6.00. The summed E-state index contributed by atoms with van der Waals surface area (Å²) in [4.78, 5) is 176. The van der Waals surface area contributed by atoms with E-state index in [1.807, 2.05) is 68.4 Å². The molecule has 5 N–H and O–H groups in total. The summed E-state index contributed by atoms with van der Waals surface area (Å²) in [5.74, 6) is -9.73. The second-order valence-electron chi connectivity index (χ2n) is 30.0. The Labute approximate surface area is 582 Å². The average molecular weight is 1370 g/mol. The summed E-state index contributed by atoms with van der Waals surface area (Å²) in [7, 11) is 10.1. The van der Waals surface area contributed by atoms with E-state index < -0.39 is 155 Å². The number of carbonyl (C=O) groups excluding carboxylic acids is 11. The Morgan fingerprint density at radius 2 is 0.948 bits per heavy atom. The summed E-state index contributed by atoms with van der Waals surface area (Å²) in [6.45, 7) is 32.9. The Kier molecular flexibility index (Phi) is 37.1. The van der Waals surface area contributed by atoms with E-state index in [1.165, 1.54) is 99.0 Å². The third kappa shape index (κ3) is 25.5. The maximum atomic E-state index is 15.4. The minimum atomic E-state index is -1.65. The lowest BCUT2D eigenvalue weighted by atomic mass is 9.91. The first-order valence-electron chi connectivity index (χ1n) is 35.9. The van der Waals surface area contributed by atoms with Gasteiger partial charge >= 0.3 is 0 Å². The van der Waals surface area contributed by atoms with Crippen molar-refractivity contribution in [3.63, 3.8) is 0 Å². The van der Waals surface area contributed by atoms with Crippen LogP contribution in [0.5, 0.6) is 0 Å². The molecular weight excluding hydrogens is 1240 g/mol. The fourth-order valence-corrected chi connectivity index (χ4v) is 12.9. The van der Waals surface area contributed by atoms with Gasteiger partial charge in [-0.15, -0.1) is 0 Å². The largest absolute Gasteiger partial charge is 0.390 e. The van der Waals surface area contributed by atoms with Crippen LogP contribution in [0.25, 0.3) is 0 Å². The Balaban J connectivity index is 3.09. The molecule has 0 spiro atoms. The number of hydrogen-bond donors (Lipinski definition) is 5. The molecular formula is C72H130N12O13. The predicted octanol–water partition coefficient (Wildman–Crippen LogP) is 4.92. The summed E-state index contributed by atoms with van der Waals surface area (Å²) in [6, 6.07) is -14.0. The maximum Gasteiger partial charge on any atom is 0.248 e. The van der Waals surface area contributed by atoms with Crippen molar-refractivity contribution in [2.24, 2.45) is 41.4 Å². The number of piperidine rings is 1. The molecule has 0 aromatic rings. The molecule has 2 fully saturated rings. The minimum absolute atomic E-state index is 0.0151. The molecule has 0 unspecified atom stereocenters. The second-order valence-corrected chi connectivity index (χ2v) is 30.0. The standard InChI is InChI=1S/C72H130N12O13/c1-25-27-32-49(15)61(85)60-65(89)75-52(26-2)67(91)81(22)57(42-97-38-31-37-84-35-29-28-30-36-84)70(94)78(19)54(39-44(5)6)64(88)76-58(47(11)12)71(95)77(18)53(34-33-43(3)4)63(87)73-50(16)62(86)74-51(17)66(90)79(20)55(40-45(7)8)68(92)80(21)56(41-46(9)10)69(93)82(23)59(48(13)14)72(96)83(60)24/h25,27,43-61,85H,26,28-42H2,1-24H3,(H,73,87)(H,74,86)(H,75,89)(H,76,88)/b27-25+/t49-,50-,51+,52+,53-,54+,55+,56+,57-,58-,59+,60+,61-/m1/s1. The molecule has 25 nitrogen and oxygen atoms in total. The first-order chi connectivity index (χ1) is 45.2. The number of likely N-dealkylation sites (tertiary alicyclic amines) is 1. The molecule has 0 aromatic heterocycles. The normalized spacial score (nSPS) is 27.0. The highest BCUT2D eigenvalue weighted by Crippen LogP contribution is 2.26. The van der Waals surface area contributed by atoms with Crippen molar-refractivity contribution in [3.05, 3.63) is 12.2 Å². The molecule has 2 heterocycles. The molecule has 2 aliphatic rings. The van der Waals surface area contributed by atoms with Crippen LogP contribution in [0.3, 0.4) is 0 Å². The van der Waals surface area contributed by atoms with Crippen molar-refractivity contribution in [3.8, 4) is 0 Å². The van der Waals surface area contributed by atoms with Crippen molar-refractivity contribution in [2.75, 3.05) is 82.2 Å². The maximum absolute atomic E-state index is 15.4. The highest BCUT2D eigenvalue weighted by atomic mass is 16.5. The van der Waals surface area contributed by atoms with E-state index in [0.717, 1.165) is 37.4 Å². The number of carbonyl (C=O) groups is 11. The summed E-state index contributed by atoms with van der Waals surface area (Å²) >= 11 is 0. The first kappa shape index (κ1) is 86.9. The van der Waals surface area contributed by atoms with Crippen LogP contribution in [0.4, 0.5) is 0 Å².